The molecule has 98 valence electrons. The number of amides is 1. The van der Waals surface area contributed by atoms with Gasteiger partial charge in [-0.05, 0) is 30.9 Å². The molecular formula is C13H17NO3S. The molecule has 2 rings (SSSR count). The van der Waals surface area contributed by atoms with Crippen LogP contribution in [0.5, 0.6) is 0 Å². The molecule has 2 atom stereocenters. The van der Waals surface area contributed by atoms with Gasteiger partial charge in [0.2, 0.25) is 0 Å². The Labute approximate surface area is 110 Å². The van der Waals surface area contributed by atoms with Crippen molar-refractivity contribution in [2.45, 2.75) is 32.7 Å². The predicted octanol–water partition coefficient (Wildman–Crippen LogP) is 2.71. The molecule has 0 spiro atoms. The summed E-state index contributed by atoms with van der Waals surface area (Å²) in [7, 11) is 0. The number of thiophene rings is 1. The van der Waals surface area contributed by atoms with Crippen molar-refractivity contribution in [2.75, 3.05) is 6.54 Å². The normalized spacial score (nSPS) is 23.3. The maximum atomic E-state index is 12.3. The van der Waals surface area contributed by atoms with Crippen LogP contribution in [0.15, 0.2) is 12.1 Å². The third kappa shape index (κ3) is 2.41. The number of aromatic carboxylic acids is 1. The SMILES string of the molecule is CCC1CC(C)CN1C(=O)c1ccc(C(=O)O)s1. The van der Waals surface area contributed by atoms with Crippen molar-refractivity contribution in [1.29, 1.82) is 0 Å². The summed E-state index contributed by atoms with van der Waals surface area (Å²) < 4.78 is 0. The number of carbonyl (C=O) groups excluding carboxylic acids is 1. The molecule has 2 unspecified atom stereocenters. The molecule has 0 aromatic carbocycles. The number of nitrogens with zero attached hydrogens (tertiary/aromatic N) is 1. The van der Waals surface area contributed by atoms with E-state index in [1.807, 2.05) is 4.90 Å². The van der Waals surface area contributed by atoms with Crippen LogP contribution in [0.25, 0.3) is 0 Å². The monoisotopic (exact) mass is 267 g/mol. The number of hydrogen-bond donors (Lipinski definition) is 1. The minimum atomic E-state index is -0.971. The second-order valence-corrected chi connectivity index (χ2v) is 5.91. The molecule has 0 aliphatic carbocycles. The zero-order chi connectivity index (χ0) is 13.3. The first-order valence-electron chi connectivity index (χ1n) is 6.17. The number of carbonyl (C=O) groups is 2. The van der Waals surface area contributed by atoms with Gasteiger partial charge in [-0.15, -0.1) is 11.3 Å². The minimum Gasteiger partial charge on any atom is -0.477 e. The van der Waals surface area contributed by atoms with Gasteiger partial charge in [0.1, 0.15) is 4.88 Å². The zero-order valence-electron chi connectivity index (χ0n) is 10.5. The van der Waals surface area contributed by atoms with E-state index < -0.39 is 5.97 Å². The molecule has 0 saturated carbocycles. The first-order valence-corrected chi connectivity index (χ1v) is 6.98. The van der Waals surface area contributed by atoms with Crippen molar-refractivity contribution in [1.82, 2.24) is 4.90 Å². The molecule has 2 heterocycles. The fraction of sp³-hybridized carbons (Fsp3) is 0.538. The van der Waals surface area contributed by atoms with Gasteiger partial charge in [-0.3, -0.25) is 4.79 Å². The van der Waals surface area contributed by atoms with Gasteiger partial charge in [-0.25, -0.2) is 4.79 Å². The van der Waals surface area contributed by atoms with Gasteiger partial charge in [-0.1, -0.05) is 13.8 Å². The molecule has 5 heteroatoms. The third-order valence-electron chi connectivity index (χ3n) is 3.38. The largest absolute Gasteiger partial charge is 0.477 e. The lowest BCUT2D eigenvalue weighted by molar-refractivity contribution is 0.0700. The van der Waals surface area contributed by atoms with E-state index in [1.165, 1.54) is 6.07 Å². The first-order chi connectivity index (χ1) is 8.52. The zero-order valence-corrected chi connectivity index (χ0v) is 11.4. The summed E-state index contributed by atoms with van der Waals surface area (Å²) in [5, 5.41) is 8.87. The molecule has 1 aliphatic heterocycles. The molecule has 1 aliphatic rings. The van der Waals surface area contributed by atoms with E-state index in [0.717, 1.165) is 30.7 Å². The number of carboxylic acid groups (broad SMARTS) is 1. The Kier molecular flexibility index (Phi) is 3.71. The van der Waals surface area contributed by atoms with Crippen molar-refractivity contribution in [3.63, 3.8) is 0 Å². The van der Waals surface area contributed by atoms with Crippen molar-refractivity contribution >= 4 is 23.2 Å². The Morgan fingerprint density at radius 3 is 2.67 bits per heavy atom. The third-order valence-corrected chi connectivity index (χ3v) is 4.44. The summed E-state index contributed by atoms with van der Waals surface area (Å²) in [6.07, 6.45) is 1.99. The molecule has 1 N–H and O–H groups in total. The highest BCUT2D eigenvalue weighted by Crippen LogP contribution is 2.28. The van der Waals surface area contributed by atoms with E-state index in [4.69, 9.17) is 5.11 Å². The van der Waals surface area contributed by atoms with E-state index in [9.17, 15) is 9.59 Å². The maximum Gasteiger partial charge on any atom is 0.345 e. The van der Waals surface area contributed by atoms with Gasteiger partial charge in [0.25, 0.3) is 5.91 Å². The van der Waals surface area contributed by atoms with Crippen LogP contribution in [0, 0.1) is 5.92 Å². The second kappa shape index (κ2) is 5.10. The standard InChI is InChI=1S/C13H17NO3S/c1-3-9-6-8(2)7-14(9)12(15)10-4-5-11(18-10)13(16)17/h4-5,8-9H,3,6-7H2,1-2H3,(H,16,17). The summed E-state index contributed by atoms with van der Waals surface area (Å²) >= 11 is 1.06. The van der Waals surface area contributed by atoms with Crippen molar-refractivity contribution < 1.29 is 14.7 Å². The van der Waals surface area contributed by atoms with Crippen LogP contribution in [0.2, 0.25) is 0 Å². The summed E-state index contributed by atoms with van der Waals surface area (Å²) in [6.45, 7) is 5.00. The summed E-state index contributed by atoms with van der Waals surface area (Å²) in [4.78, 5) is 25.8. The molecule has 4 nitrogen and oxygen atoms in total. The quantitative estimate of drug-likeness (QED) is 0.916. The van der Waals surface area contributed by atoms with E-state index in [2.05, 4.69) is 13.8 Å². The molecular weight excluding hydrogens is 250 g/mol. The Balaban J connectivity index is 2.17. The Bertz CT molecular complexity index is 469. The highest BCUT2D eigenvalue weighted by molar-refractivity contribution is 7.15. The van der Waals surface area contributed by atoms with E-state index in [-0.39, 0.29) is 10.8 Å². The number of likely N-dealkylation sites (tertiary alicyclic amines) is 1. The number of carboxylic acids is 1. The topological polar surface area (TPSA) is 57.6 Å². The second-order valence-electron chi connectivity index (χ2n) is 4.83. The van der Waals surface area contributed by atoms with Gasteiger partial charge in [-0.2, -0.15) is 0 Å². The molecule has 1 aromatic heterocycles. The van der Waals surface area contributed by atoms with Crippen LogP contribution in [0.1, 0.15) is 46.0 Å². The lowest BCUT2D eigenvalue weighted by Gasteiger charge is -2.22. The molecule has 18 heavy (non-hydrogen) atoms. The van der Waals surface area contributed by atoms with Gasteiger partial charge >= 0.3 is 5.97 Å². The molecule has 1 saturated heterocycles. The van der Waals surface area contributed by atoms with Crippen molar-refractivity contribution in [2.24, 2.45) is 5.92 Å². The minimum absolute atomic E-state index is 0.0244. The summed E-state index contributed by atoms with van der Waals surface area (Å²) in [6, 6.07) is 3.41. The van der Waals surface area contributed by atoms with Crippen LogP contribution in [0.4, 0.5) is 0 Å². The van der Waals surface area contributed by atoms with E-state index in [1.54, 1.807) is 6.07 Å². The van der Waals surface area contributed by atoms with Crippen LogP contribution in [-0.4, -0.2) is 34.5 Å². The van der Waals surface area contributed by atoms with E-state index >= 15 is 0 Å². The van der Waals surface area contributed by atoms with Gasteiger partial charge in [0.15, 0.2) is 0 Å². The average Bonchev–Trinajstić information content (AvgIpc) is 2.94. The van der Waals surface area contributed by atoms with Crippen molar-refractivity contribution in [3.05, 3.63) is 21.9 Å². The lowest BCUT2D eigenvalue weighted by atomic mass is 10.1. The Hall–Kier alpha value is -1.36. The molecule has 0 radical (unpaired) electrons. The summed E-state index contributed by atoms with van der Waals surface area (Å²) in [5.41, 5.74) is 0. The first kappa shape index (κ1) is 13.1. The highest BCUT2D eigenvalue weighted by Gasteiger charge is 2.33. The van der Waals surface area contributed by atoms with Crippen LogP contribution >= 0.6 is 11.3 Å². The van der Waals surface area contributed by atoms with Gasteiger partial charge in [0.05, 0.1) is 4.88 Å². The maximum absolute atomic E-state index is 12.3. The Morgan fingerprint density at radius 2 is 2.11 bits per heavy atom. The van der Waals surface area contributed by atoms with E-state index in [0.29, 0.717) is 16.8 Å². The predicted molar refractivity (Wildman–Crippen MR) is 70.2 cm³/mol. The summed E-state index contributed by atoms with van der Waals surface area (Å²) in [5.74, 6) is -0.470. The molecule has 0 bridgehead atoms. The van der Waals surface area contributed by atoms with Gasteiger partial charge in [0, 0.05) is 12.6 Å². The lowest BCUT2D eigenvalue weighted by Crippen LogP contribution is -2.34. The number of hydrogen-bond acceptors (Lipinski definition) is 3. The van der Waals surface area contributed by atoms with Crippen LogP contribution in [0.3, 0.4) is 0 Å². The fourth-order valence-corrected chi connectivity index (χ4v) is 3.30. The number of rotatable bonds is 3. The molecule has 1 amide bonds. The van der Waals surface area contributed by atoms with Gasteiger partial charge < -0.3 is 10.0 Å². The smallest absolute Gasteiger partial charge is 0.345 e. The van der Waals surface area contributed by atoms with Crippen LogP contribution < -0.4 is 0 Å². The molecule has 1 aromatic rings. The van der Waals surface area contributed by atoms with Crippen molar-refractivity contribution in [3.8, 4) is 0 Å². The van der Waals surface area contributed by atoms with Crippen LogP contribution in [-0.2, 0) is 0 Å². The average molecular weight is 267 g/mol. The Morgan fingerprint density at radius 1 is 1.44 bits per heavy atom. The fourth-order valence-electron chi connectivity index (χ4n) is 2.50. The molecule has 1 fully saturated rings. The highest BCUT2D eigenvalue weighted by atomic mass is 32.1.